The lowest BCUT2D eigenvalue weighted by Crippen LogP contribution is -2.42. The van der Waals surface area contributed by atoms with Gasteiger partial charge in [0.05, 0.1) is 5.92 Å². The van der Waals surface area contributed by atoms with E-state index in [0.717, 1.165) is 41.9 Å². The fourth-order valence-corrected chi connectivity index (χ4v) is 4.74. The maximum Gasteiger partial charge on any atom is 0.228 e. The number of amides is 2. The molecule has 2 aromatic carbocycles. The van der Waals surface area contributed by atoms with Gasteiger partial charge < -0.3 is 14.2 Å². The molecule has 0 spiro atoms. The van der Waals surface area contributed by atoms with Crippen molar-refractivity contribution in [3.8, 4) is 0 Å². The van der Waals surface area contributed by atoms with Crippen molar-refractivity contribution in [2.45, 2.75) is 38.5 Å². The molecule has 0 saturated carbocycles. The lowest BCUT2D eigenvalue weighted by atomic mass is 9.95. The van der Waals surface area contributed by atoms with Gasteiger partial charge in [0.15, 0.2) is 11.5 Å². The first-order valence-electron chi connectivity index (χ1n) is 11.2. The third-order valence-corrected chi connectivity index (χ3v) is 6.57. The number of hydrogen-bond acceptors (Lipinski definition) is 4. The number of aryl methyl sites for hydroxylation is 1. The Morgan fingerprint density at radius 3 is 2.71 bits per heavy atom. The van der Waals surface area contributed by atoms with Crippen LogP contribution in [0.4, 0.5) is 5.69 Å². The Balaban J connectivity index is 1.22. The molecular formula is C25H27N3O3. The van der Waals surface area contributed by atoms with E-state index in [1.165, 1.54) is 5.56 Å². The molecule has 0 aliphatic carbocycles. The molecule has 31 heavy (non-hydrogen) atoms. The lowest BCUT2D eigenvalue weighted by Gasteiger charge is -2.32. The van der Waals surface area contributed by atoms with Crippen LogP contribution in [0.15, 0.2) is 52.9 Å². The number of carbonyl (C=O) groups is 2. The fourth-order valence-electron chi connectivity index (χ4n) is 4.74. The molecule has 0 unspecified atom stereocenters. The summed E-state index contributed by atoms with van der Waals surface area (Å²) in [5.41, 5.74) is 3.79. The first-order chi connectivity index (χ1) is 15.1. The highest BCUT2D eigenvalue weighted by molar-refractivity contribution is 6.00. The summed E-state index contributed by atoms with van der Waals surface area (Å²) in [6.07, 6.45) is 2.89. The van der Waals surface area contributed by atoms with Gasteiger partial charge in [-0.3, -0.25) is 9.59 Å². The largest absolute Gasteiger partial charge is 0.440 e. The summed E-state index contributed by atoms with van der Waals surface area (Å²) in [7, 11) is 0. The van der Waals surface area contributed by atoms with Gasteiger partial charge in [0.25, 0.3) is 0 Å². The van der Waals surface area contributed by atoms with Gasteiger partial charge in [-0.05, 0) is 49.1 Å². The van der Waals surface area contributed by atoms with Crippen molar-refractivity contribution in [3.05, 3.63) is 60.0 Å². The fraction of sp³-hybridized carbons (Fsp3) is 0.400. The molecule has 1 atom stereocenters. The van der Waals surface area contributed by atoms with Crippen LogP contribution in [0.1, 0.15) is 43.6 Å². The maximum atomic E-state index is 13.1. The third-order valence-electron chi connectivity index (χ3n) is 6.57. The average Bonchev–Trinajstić information content (AvgIpc) is 3.42. The van der Waals surface area contributed by atoms with Gasteiger partial charge in [-0.15, -0.1) is 0 Å². The van der Waals surface area contributed by atoms with Crippen molar-refractivity contribution in [1.82, 2.24) is 9.88 Å². The Labute approximate surface area is 181 Å². The zero-order valence-corrected chi connectivity index (χ0v) is 17.8. The third kappa shape index (κ3) is 3.82. The Morgan fingerprint density at radius 1 is 1.13 bits per heavy atom. The van der Waals surface area contributed by atoms with Crippen LogP contribution >= 0.6 is 0 Å². The predicted octanol–water partition coefficient (Wildman–Crippen LogP) is 4.15. The second-order valence-corrected chi connectivity index (χ2v) is 8.55. The minimum absolute atomic E-state index is 0.0352. The molecule has 0 N–H and O–H groups in total. The zero-order valence-electron chi connectivity index (χ0n) is 17.8. The first-order valence-corrected chi connectivity index (χ1v) is 11.2. The minimum Gasteiger partial charge on any atom is -0.440 e. The standard InChI is InChI=1S/C25H27N3O3/c1-2-17-6-5-7-20(14-17)28-16-19(15-23(28)29)25(30)27-12-10-18(11-13-27)24-26-21-8-3-4-9-22(21)31-24/h3-9,14,18-19H,2,10-13,15-16H2,1H3/t19-/m1/s1. The van der Waals surface area contributed by atoms with Crippen molar-refractivity contribution in [2.75, 3.05) is 24.5 Å². The first kappa shape index (κ1) is 19.8. The molecule has 6 nitrogen and oxygen atoms in total. The van der Waals surface area contributed by atoms with Gasteiger partial charge in [0.2, 0.25) is 11.8 Å². The quantitative estimate of drug-likeness (QED) is 0.640. The summed E-state index contributed by atoms with van der Waals surface area (Å²) >= 11 is 0. The van der Waals surface area contributed by atoms with E-state index in [1.807, 2.05) is 41.3 Å². The SMILES string of the molecule is CCc1cccc(N2C[C@H](C(=O)N3CCC(c4nc5ccccc5o4)CC3)CC2=O)c1. The van der Waals surface area contributed by atoms with Crippen molar-refractivity contribution in [1.29, 1.82) is 0 Å². The summed E-state index contributed by atoms with van der Waals surface area (Å²) in [5, 5.41) is 0. The molecule has 1 aromatic heterocycles. The van der Waals surface area contributed by atoms with E-state index >= 15 is 0 Å². The molecule has 2 saturated heterocycles. The van der Waals surface area contributed by atoms with E-state index in [2.05, 4.69) is 24.0 Å². The number of fused-ring (bicyclic) bond motifs is 1. The van der Waals surface area contributed by atoms with E-state index in [4.69, 9.17) is 4.42 Å². The summed E-state index contributed by atoms with van der Waals surface area (Å²) in [6.45, 7) is 3.92. The van der Waals surface area contributed by atoms with Gasteiger partial charge >= 0.3 is 0 Å². The minimum atomic E-state index is -0.265. The molecule has 2 aliphatic rings. The second-order valence-electron chi connectivity index (χ2n) is 8.55. The van der Waals surface area contributed by atoms with Crippen molar-refractivity contribution in [2.24, 2.45) is 5.92 Å². The van der Waals surface area contributed by atoms with E-state index in [9.17, 15) is 9.59 Å². The average molecular weight is 418 g/mol. The summed E-state index contributed by atoms with van der Waals surface area (Å²) in [4.78, 5) is 34.1. The van der Waals surface area contributed by atoms with E-state index in [0.29, 0.717) is 26.1 Å². The number of oxazole rings is 1. The highest BCUT2D eigenvalue weighted by Crippen LogP contribution is 2.32. The van der Waals surface area contributed by atoms with Crippen LogP contribution in [0, 0.1) is 5.92 Å². The molecule has 2 amide bonds. The van der Waals surface area contributed by atoms with Crippen molar-refractivity contribution >= 4 is 28.6 Å². The number of piperidine rings is 1. The number of anilines is 1. The molecule has 2 fully saturated rings. The van der Waals surface area contributed by atoms with Crippen LogP contribution in [-0.2, 0) is 16.0 Å². The Kier molecular flexibility index (Phi) is 5.22. The molecule has 3 aromatic rings. The topological polar surface area (TPSA) is 66.7 Å². The van der Waals surface area contributed by atoms with E-state index in [-0.39, 0.29) is 23.7 Å². The van der Waals surface area contributed by atoms with Crippen molar-refractivity contribution in [3.63, 3.8) is 0 Å². The molecule has 6 heteroatoms. The number of benzene rings is 2. The molecular weight excluding hydrogens is 390 g/mol. The number of hydrogen-bond donors (Lipinski definition) is 0. The van der Waals surface area contributed by atoms with Crippen LogP contribution in [0.3, 0.4) is 0 Å². The van der Waals surface area contributed by atoms with Crippen LogP contribution < -0.4 is 4.90 Å². The van der Waals surface area contributed by atoms with E-state index in [1.54, 1.807) is 4.90 Å². The summed E-state index contributed by atoms with van der Waals surface area (Å²) in [6, 6.07) is 15.8. The smallest absolute Gasteiger partial charge is 0.228 e. The Bertz CT molecular complexity index is 1080. The maximum absolute atomic E-state index is 13.1. The molecule has 0 bridgehead atoms. The Morgan fingerprint density at radius 2 is 1.94 bits per heavy atom. The predicted molar refractivity (Wildman–Crippen MR) is 119 cm³/mol. The van der Waals surface area contributed by atoms with Crippen LogP contribution in [0.5, 0.6) is 0 Å². The van der Waals surface area contributed by atoms with Crippen molar-refractivity contribution < 1.29 is 14.0 Å². The van der Waals surface area contributed by atoms with Crippen LogP contribution in [0.2, 0.25) is 0 Å². The van der Waals surface area contributed by atoms with Gasteiger partial charge in [0.1, 0.15) is 5.52 Å². The van der Waals surface area contributed by atoms with Gasteiger partial charge in [-0.2, -0.15) is 0 Å². The molecule has 2 aliphatic heterocycles. The highest BCUT2D eigenvalue weighted by Gasteiger charge is 2.38. The number of rotatable bonds is 4. The zero-order chi connectivity index (χ0) is 21.4. The molecule has 3 heterocycles. The number of nitrogens with zero attached hydrogens (tertiary/aromatic N) is 3. The summed E-state index contributed by atoms with van der Waals surface area (Å²) < 4.78 is 5.93. The Hall–Kier alpha value is -3.15. The number of likely N-dealkylation sites (tertiary alicyclic amines) is 1. The number of carbonyl (C=O) groups excluding carboxylic acids is 2. The molecule has 0 radical (unpaired) electrons. The van der Waals surface area contributed by atoms with Gasteiger partial charge in [0, 0.05) is 37.7 Å². The normalized spacial score (nSPS) is 20.0. The van der Waals surface area contributed by atoms with Crippen LogP contribution in [0.25, 0.3) is 11.1 Å². The molecule has 5 rings (SSSR count). The number of aromatic nitrogens is 1. The van der Waals surface area contributed by atoms with Gasteiger partial charge in [-0.1, -0.05) is 31.2 Å². The second kappa shape index (κ2) is 8.17. The van der Waals surface area contributed by atoms with Crippen LogP contribution in [-0.4, -0.2) is 41.3 Å². The number of para-hydroxylation sites is 2. The molecule has 160 valence electrons. The monoisotopic (exact) mass is 417 g/mol. The van der Waals surface area contributed by atoms with E-state index < -0.39 is 0 Å². The highest BCUT2D eigenvalue weighted by atomic mass is 16.3. The van der Waals surface area contributed by atoms with Gasteiger partial charge in [-0.25, -0.2) is 4.98 Å². The summed E-state index contributed by atoms with van der Waals surface area (Å²) in [5.74, 6) is 0.867. The lowest BCUT2D eigenvalue weighted by molar-refractivity contribution is -0.136.